The largest absolute Gasteiger partial charge is 0.268 e. The molecule has 0 radical (unpaired) electrons. The maximum Gasteiger partial charge on any atom is 0.182 e. The molecule has 0 N–H and O–H groups in total. The zero-order valence-electron chi connectivity index (χ0n) is 4.65. The van der Waals surface area contributed by atoms with Crippen LogP contribution in [0.5, 0.6) is 0 Å². The van der Waals surface area contributed by atoms with Crippen LogP contribution in [0.15, 0.2) is 32.0 Å². The Labute approximate surface area is 51.7 Å². The standard InChI is InChI=1S/C5H4N4/c1-4-2-8-9-5(4)7-3-6-1/h2-3H,1H2. The summed E-state index contributed by atoms with van der Waals surface area (Å²) >= 11 is 0. The lowest BCUT2D eigenvalue weighted by Gasteiger charge is -1.98. The first-order valence-electron chi connectivity index (χ1n) is 2.63. The van der Waals surface area contributed by atoms with E-state index in [0.29, 0.717) is 12.4 Å². The number of aliphatic imine (C=N–C) groups is 2. The van der Waals surface area contributed by atoms with Crippen molar-refractivity contribution in [1.29, 1.82) is 0 Å². The topological polar surface area (TPSA) is 49.4 Å². The minimum absolute atomic E-state index is 0.672. The summed E-state index contributed by atoms with van der Waals surface area (Å²) in [5.74, 6) is 0.713. The molecule has 0 aliphatic carbocycles. The first-order valence-corrected chi connectivity index (χ1v) is 2.63. The second-order valence-corrected chi connectivity index (χ2v) is 1.78. The lowest BCUT2D eigenvalue weighted by molar-refractivity contribution is 1.18. The highest BCUT2D eigenvalue weighted by Crippen LogP contribution is 2.11. The number of rotatable bonds is 0. The molecule has 0 aromatic rings. The van der Waals surface area contributed by atoms with Gasteiger partial charge in [-0.05, 0) is 0 Å². The second kappa shape index (κ2) is 1.58. The molecule has 44 valence electrons. The van der Waals surface area contributed by atoms with E-state index in [9.17, 15) is 0 Å². The number of fused-ring (bicyclic) bond motifs is 1. The summed E-state index contributed by atoms with van der Waals surface area (Å²) in [5.41, 5.74) is 1.01. The molecule has 4 nitrogen and oxygen atoms in total. The average molecular weight is 120 g/mol. The molecule has 0 spiro atoms. The third-order valence-corrected chi connectivity index (χ3v) is 1.18. The minimum atomic E-state index is 0.672. The van der Waals surface area contributed by atoms with Gasteiger partial charge in [-0.3, -0.25) is 4.99 Å². The normalized spacial score (nSPS) is 21.3. The lowest BCUT2D eigenvalue weighted by Crippen LogP contribution is -2.03. The molecule has 0 bridgehead atoms. The van der Waals surface area contributed by atoms with Crippen molar-refractivity contribution in [2.24, 2.45) is 20.2 Å². The summed E-state index contributed by atoms with van der Waals surface area (Å²) in [5, 5.41) is 7.43. The zero-order valence-corrected chi connectivity index (χ0v) is 4.65. The number of nitrogens with zero attached hydrogens (tertiary/aromatic N) is 4. The summed E-state index contributed by atoms with van der Waals surface area (Å²) in [7, 11) is 0. The van der Waals surface area contributed by atoms with E-state index in [1.165, 1.54) is 6.34 Å². The summed E-state index contributed by atoms with van der Waals surface area (Å²) in [4.78, 5) is 7.81. The molecule has 2 aliphatic heterocycles. The molecule has 0 saturated carbocycles. The molecule has 2 aliphatic rings. The van der Waals surface area contributed by atoms with E-state index >= 15 is 0 Å². The molecule has 9 heavy (non-hydrogen) atoms. The molecule has 4 heteroatoms. The third kappa shape index (κ3) is 0.595. The Morgan fingerprint density at radius 1 is 1.44 bits per heavy atom. The van der Waals surface area contributed by atoms with E-state index in [2.05, 4.69) is 20.2 Å². The van der Waals surface area contributed by atoms with Crippen molar-refractivity contribution < 1.29 is 0 Å². The molecule has 2 rings (SSSR count). The smallest absolute Gasteiger partial charge is 0.182 e. The molecule has 0 atom stereocenters. The van der Waals surface area contributed by atoms with Crippen LogP contribution in [0.3, 0.4) is 0 Å². The van der Waals surface area contributed by atoms with Crippen LogP contribution in [0, 0.1) is 0 Å². The van der Waals surface area contributed by atoms with Crippen molar-refractivity contribution in [3.8, 4) is 0 Å². The maximum absolute atomic E-state index is 3.92. The van der Waals surface area contributed by atoms with Crippen molar-refractivity contribution in [2.45, 2.75) is 0 Å². The van der Waals surface area contributed by atoms with Crippen molar-refractivity contribution in [2.75, 3.05) is 6.54 Å². The quantitative estimate of drug-likeness (QED) is 0.453. The van der Waals surface area contributed by atoms with Crippen molar-refractivity contribution in [3.63, 3.8) is 0 Å². The van der Waals surface area contributed by atoms with Gasteiger partial charge >= 0.3 is 0 Å². The van der Waals surface area contributed by atoms with Crippen LogP contribution in [-0.4, -0.2) is 18.7 Å². The first-order chi connectivity index (χ1) is 4.47. The van der Waals surface area contributed by atoms with Gasteiger partial charge in [0.05, 0.1) is 12.7 Å². The minimum Gasteiger partial charge on any atom is -0.268 e. The van der Waals surface area contributed by atoms with Gasteiger partial charge in [-0.2, -0.15) is 5.11 Å². The van der Waals surface area contributed by atoms with Gasteiger partial charge in [-0.15, -0.1) is 5.11 Å². The molecule has 0 amide bonds. The maximum atomic E-state index is 3.92. The molecular weight excluding hydrogens is 116 g/mol. The fraction of sp³-hybridized carbons (Fsp3) is 0.200. The van der Waals surface area contributed by atoms with E-state index in [1.807, 2.05) is 0 Å². The number of amidine groups is 1. The molecule has 0 aromatic carbocycles. The third-order valence-electron chi connectivity index (χ3n) is 1.18. The van der Waals surface area contributed by atoms with Gasteiger partial charge in [-0.25, -0.2) is 4.99 Å². The summed E-state index contributed by atoms with van der Waals surface area (Å²) in [6, 6.07) is 0. The van der Waals surface area contributed by atoms with Crippen LogP contribution in [0.1, 0.15) is 0 Å². The Bertz CT molecular complexity index is 246. The van der Waals surface area contributed by atoms with Crippen molar-refractivity contribution in [3.05, 3.63) is 11.8 Å². The Morgan fingerprint density at radius 3 is 3.33 bits per heavy atom. The molecule has 0 aromatic heterocycles. The molecule has 0 fully saturated rings. The highest BCUT2D eigenvalue weighted by atomic mass is 15.2. The van der Waals surface area contributed by atoms with Gasteiger partial charge in [-0.1, -0.05) is 0 Å². The zero-order chi connectivity index (χ0) is 6.10. The van der Waals surface area contributed by atoms with Gasteiger partial charge in [0.1, 0.15) is 6.34 Å². The first kappa shape index (κ1) is 4.55. The van der Waals surface area contributed by atoms with Gasteiger partial charge in [0.25, 0.3) is 0 Å². The van der Waals surface area contributed by atoms with Gasteiger partial charge in [0.15, 0.2) is 5.84 Å². The second-order valence-electron chi connectivity index (χ2n) is 1.78. The molecule has 0 saturated heterocycles. The Morgan fingerprint density at radius 2 is 2.44 bits per heavy atom. The van der Waals surface area contributed by atoms with Crippen molar-refractivity contribution in [1.82, 2.24) is 0 Å². The molecular formula is C5H4N4. The molecule has 0 unspecified atom stereocenters. The van der Waals surface area contributed by atoms with Gasteiger partial charge < -0.3 is 0 Å². The Hall–Kier alpha value is -1.32. The Kier molecular flexibility index (Phi) is 0.798. The lowest BCUT2D eigenvalue weighted by atomic mass is 10.3. The summed E-state index contributed by atoms with van der Waals surface area (Å²) in [6.45, 7) is 0.672. The van der Waals surface area contributed by atoms with Crippen LogP contribution < -0.4 is 0 Å². The number of hydrogen-bond donors (Lipinski definition) is 0. The fourth-order valence-corrected chi connectivity index (χ4v) is 0.730. The highest BCUT2D eigenvalue weighted by molar-refractivity contribution is 6.05. The van der Waals surface area contributed by atoms with Gasteiger partial charge in [0.2, 0.25) is 0 Å². The van der Waals surface area contributed by atoms with Crippen LogP contribution in [0.25, 0.3) is 0 Å². The van der Waals surface area contributed by atoms with Crippen LogP contribution in [0.2, 0.25) is 0 Å². The highest BCUT2D eigenvalue weighted by Gasteiger charge is 2.11. The fourth-order valence-electron chi connectivity index (χ4n) is 0.730. The van der Waals surface area contributed by atoms with Crippen molar-refractivity contribution >= 4 is 12.2 Å². The number of hydrogen-bond acceptors (Lipinski definition) is 4. The van der Waals surface area contributed by atoms with Crippen LogP contribution in [-0.2, 0) is 0 Å². The summed E-state index contributed by atoms with van der Waals surface area (Å²) < 4.78 is 0. The van der Waals surface area contributed by atoms with Crippen LogP contribution >= 0.6 is 0 Å². The van der Waals surface area contributed by atoms with Gasteiger partial charge in [0, 0.05) is 5.57 Å². The predicted molar refractivity (Wildman–Crippen MR) is 33.7 cm³/mol. The van der Waals surface area contributed by atoms with E-state index in [-0.39, 0.29) is 0 Å². The summed E-state index contributed by atoms with van der Waals surface area (Å²) in [6.07, 6.45) is 3.20. The Balaban J connectivity index is 2.46. The number of azo groups is 1. The van der Waals surface area contributed by atoms with E-state index in [1.54, 1.807) is 6.20 Å². The average Bonchev–Trinajstić information content (AvgIpc) is 2.33. The predicted octanol–water partition coefficient (Wildman–Crippen LogP) is 0.777. The van der Waals surface area contributed by atoms with E-state index < -0.39 is 0 Å². The van der Waals surface area contributed by atoms with E-state index in [0.717, 1.165) is 5.57 Å². The monoisotopic (exact) mass is 120 g/mol. The van der Waals surface area contributed by atoms with Crippen LogP contribution in [0.4, 0.5) is 0 Å². The molecule has 2 heterocycles. The van der Waals surface area contributed by atoms with E-state index in [4.69, 9.17) is 0 Å². The SMILES string of the molecule is C1=NCC2=CN=NC2=N1.